The van der Waals surface area contributed by atoms with Crippen LogP contribution in [-0.2, 0) is 17.8 Å². The second-order valence-corrected chi connectivity index (χ2v) is 6.81. The van der Waals surface area contributed by atoms with Crippen molar-refractivity contribution in [3.05, 3.63) is 65.5 Å². The number of benzene rings is 2. The lowest BCUT2D eigenvalue weighted by atomic mass is 10.1. The summed E-state index contributed by atoms with van der Waals surface area (Å²) in [5.74, 6) is 0.737. The minimum Gasteiger partial charge on any atom is -0.357 e. The molecule has 0 saturated carbocycles. The molecule has 1 aliphatic rings. The Hall–Kier alpha value is -2.89. The average molecular weight is 382 g/mol. The lowest BCUT2D eigenvalue weighted by Gasteiger charge is -2.16. The van der Waals surface area contributed by atoms with Crippen LogP contribution in [0.2, 0.25) is 0 Å². The van der Waals surface area contributed by atoms with Gasteiger partial charge in [-0.3, -0.25) is 4.79 Å². The number of hydrogen-bond acceptors (Lipinski definition) is 2. The molecule has 148 valence electrons. The summed E-state index contributed by atoms with van der Waals surface area (Å²) < 4.78 is 13.0. The molecule has 1 heterocycles. The standard InChI is InChI=1S/C22H27FN4O/c1-2-24-22(25-14-13-17-5-9-19(23)10-6-17)26-16-18-7-11-20(12-8-18)27-15-3-4-21(27)28/h5-12H,2-4,13-16H2,1H3,(H2,24,25,26). The molecule has 1 aliphatic heterocycles. The molecule has 0 aliphatic carbocycles. The maximum Gasteiger partial charge on any atom is 0.227 e. The number of carbonyl (C=O) groups is 1. The van der Waals surface area contributed by atoms with Gasteiger partial charge in [0.2, 0.25) is 5.91 Å². The Bertz CT molecular complexity index is 802. The zero-order valence-electron chi connectivity index (χ0n) is 16.2. The zero-order chi connectivity index (χ0) is 19.8. The van der Waals surface area contributed by atoms with Gasteiger partial charge in [0.15, 0.2) is 5.96 Å². The van der Waals surface area contributed by atoms with Crippen LogP contribution in [0.5, 0.6) is 0 Å². The highest BCUT2D eigenvalue weighted by Crippen LogP contribution is 2.21. The first kappa shape index (κ1) is 19.9. The van der Waals surface area contributed by atoms with Crippen molar-refractivity contribution in [3.63, 3.8) is 0 Å². The molecule has 5 nitrogen and oxygen atoms in total. The third-order valence-electron chi connectivity index (χ3n) is 4.70. The predicted octanol–water partition coefficient (Wildman–Crippen LogP) is 3.25. The van der Waals surface area contributed by atoms with Gasteiger partial charge in [-0.2, -0.15) is 0 Å². The van der Waals surface area contributed by atoms with Gasteiger partial charge >= 0.3 is 0 Å². The molecule has 3 rings (SSSR count). The first-order valence-electron chi connectivity index (χ1n) is 9.81. The van der Waals surface area contributed by atoms with Crippen molar-refractivity contribution >= 4 is 17.6 Å². The Balaban J connectivity index is 1.53. The third kappa shape index (κ3) is 5.55. The van der Waals surface area contributed by atoms with E-state index in [1.165, 1.54) is 12.1 Å². The van der Waals surface area contributed by atoms with Crippen molar-refractivity contribution in [1.82, 2.24) is 10.6 Å². The number of nitrogens with one attached hydrogen (secondary N) is 2. The summed E-state index contributed by atoms with van der Waals surface area (Å²) >= 11 is 0. The van der Waals surface area contributed by atoms with Gasteiger partial charge in [0.25, 0.3) is 0 Å². The van der Waals surface area contributed by atoms with Crippen LogP contribution in [0.4, 0.5) is 10.1 Å². The van der Waals surface area contributed by atoms with Crippen molar-refractivity contribution in [2.24, 2.45) is 4.99 Å². The Labute approximate surface area is 165 Å². The minimum atomic E-state index is -0.216. The highest BCUT2D eigenvalue weighted by Gasteiger charge is 2.21. The summed E-state index contributed by atoms with van der Waals surface area (Å²) in [6, 6.07) is 14.6. The highest BCUT2D eigenvalue weighted by molar-refractivity contribution is 5.95. The molecule has 2 N–H and O–H groups in total. The minimum absolute atomic E-state index is 0.200. The number of hydrogen-bond donors (Lipinski definition) is 2. The van der Waals surface area contributed by atoms with E-state index in [2.05, 4.69) is 15.6 Å². The summed E-state index contributed by atoms with van der Waals surface area (Å²) in [7, 11) is 0. The molecular weight excluding hydrogens is 355 g/mol. The van der Waals surface area contributed by atoms with Crippen LogP contribution in [0, 0.1) is 5.82 Å². The first-order valence-corrected chi connectivity index (χ1v) is 9.81. The maximum atomic E-state index is 13.0. The van der Waals surface area contributed by atoms with E-state index < -0.39 is 0 Å². The molecule has 0 atom stereocenters. The van der Waals surface area contributed by atoms with Crippen LogP contribution < -0.4 is 15.5 Å². The topological polar surface area (TPSA) is 56.7 Å². The lowest BCUT2D eigenvalue weighted by molar-refractivity contribution is -0.117. The summed E-state index contributed by atoms with van der Waals surface area (Å²) in [5.41, 5.74) is 3.13. The van der Waals surface area contributed by atoms with Crippen molar-refractivity contribution < 1.29 is 9.18 Å². The molecule has 0 spiro atoms. The summed E-state index contributed by atoms with van der Waals surface area (Å²) in [6.45, 7) is 4.88. The van der Waals surface area contributed by atoms with Crippen LogP contribution in [-0.4, -0.2) is 31.5 Å². The zero-order valence-corrected chi connectivity index (χ0v) is 16.2. The van der Waals surface area contributed by atoms with E-state index >= 15 is 0 Å². The molecule has 28 heavy (non-hydrogen) atoms. The summed E-state index contributed by atoms with van der Waals surface area (Å²) in [6.07, 6.45) is 2.37. The molecule has 0 aromatic heterocycles. The van der Waals surface area contributed by atoms with Gasteiger partial charge in [-0.05, 0) is 55.2 Å². The number of halogens is 1. The first-order chi connectivity index (χ1) is 13.7. The molecule has 1 fully saturated rings. The number of aliphatic imine (C=N–C) groups is 1. The van der Waals surface area contributed by atoms with Gasteiger partial charge in [-0.15, -0.1) is 0 Å². The SMILES string of the molecule is CCNC(=NCc1ccc(N2CCCC2=O)cc1)NCCc1ccc(F)cc1. The fourth-order valence-corrected chi connectivity index (χ4v) is 3.19. The number of guanidine groups is 1. The van der Waals surface area contributed by atoms with Crippen LogP contribution in [0.15, 0.2) is 53.5 Å². The van der Waals surface area contributed by atoms with E-state index in [4.69, 9.17) is 0 Å². The Morgan fingerprint density at radius 2 is 1.79 bits per heavy atom. The number of nitrogens with zero attached hydrogens (tertiary/aromatic N) is 2. The highest BCUT2D eigenvalue weighted by atomic mass is 19.1. The van der Waals surface area contributed by atoms with Crippen molar-refractivity contribution in [1.29, 1.82) is 0 Å². The molecule has 0 radical (unpaired) electrons. The van der Waals surface area contributed by atoms with E-state index in [0.717, 1.165) is 48.7 Å². The van der Waals surface area contributed by atoms with E-state index in [1.54, 1.807) is 12.1 Å². The Kier molecular flexibility index (Phi) is 7.00. The maximum absolute atomic E-state index is 13.0. The van der Waals surface area contributed by atoms with Gasteiger partial charge < -0.3 is 15.5 Å². The number of rotatable bonds is 7. The van der Waals surface area contributed by atoms with Crippen molar-refractivity contribution in [2.75, 3.05) is 24.5 Å². The molecule has 1 amide bonds. The summed E-state index contributed by atoms with van der Waals surface area (Å²) in [5, 5.41) is 6.54. The van der Waals surface area contributed by atoms with Gasteiger partial charge in [-0.1, -0.05) is 24.3 Å². The molecular formula is C22H27FN4O. The fourth-order valence-electron chi connectivity index (χ4n) is 3.19. The van der Waals surface area contributed by atoms with Gasteiger partial charge in [0.1, 0.15) is 5.82 Å². The predicted molar refractivity (Wildman–Crippen MR) is 111 cm³/mol. The number of anilines is 1. The molecule has 1 saturated heterocycles. The number of carbonyl (C=O) groups excluding carboxylic acids is 1. The normalized spacial score (nSPS) is 14.4. The van der Waals surface area contributed by atoms with E-state index in [0.29, 0.717) is 19.5 Å². The summed E-state index contributed by atoms with van der Waals surface area (Å²) in [4.78, 5) is 18.3. The Morgan fingerprint density at radius 1 is 1.07 bits per heavy atom. The molecule has 6 heteroatoms. The molecule has 0 bridgehead atoms. The van der Waals surface area contributed by atoms with Crippen LogP contribution in [0.3, 0.4) is 0 Å². The fraction of sp³-hybridized carbons (Fsp3) is 0.364. The lowest BCUT2D eigenvalue weighted by Crippen LogP contribution is -2.38. The van der Waals surface area contributed by atoms with Crippen molar-refractivity contribution in [3.8, 4) is 0 Å². The van der Waals surface area contributed by atoms with Gasteiger partial charge in [0, 0.05) is 31.7 Å². The van der Waals surface area contributed by atoms with Gasteiger partial charge in [0.05, 0.1) is 6.54 Å². The second-order valence-electron chi connectivity index (χ2n) is 6.81. The van der Waals surface area contributed by atoms with Gasteiger partial charge in [-0.25, -0.2) is 9.38 Å². The van der Waals surface area contributed by atoms with Crippen LogP contribution in [0.1, 0.15) is 30.9 Å². The Morgan fingerprint density at radius 3 is 2.43 bits per heavy atom. The van der Waals surface area contributed by atoms with E-state index in [1.807, 2.05) is 36.1 Å². The molecule has 2 aromatic carbocycles. The second kappa shape index (κ2) is 9.88. The van der Waals surface area contributed by atoms with Crippen molar-refractivity contribution in [2.45, 2.75) is 32.7 Å². The largest absolute Gasteiger partial charge is 0.357 e. The molecule has 0 unspecified atom stereocenters. The average Bonchev–Trinajstić information content (AvgIpc) is 3.14. The van der Waals surface area contributed by atoms with Crippen LogP contribution in [0.25, 0.3) is 0 Å². The number of amides is 1. The quantitative estimate of drug-likeness (QED) is 0.571. The van der Waals surface area contributed by atoms with E-state index in [-0.39, 0.29) is 11.7 Å². The molecule has 2 aromatic rings. The third-order valence-corrected chi connectivity index (χ3v) is 4.70. The van der Waals surface area contributed by atoms with E-state index in [9.17, 15) is 9.18 Å². The smallest absolute Gasteiger partial charge is 0.227 e. The van der Waals surface area contributed by atoms with Crippen LogP contribution >= 0.6 is 0 Å². The monoisotopic (exact) mass is 382 g/mol.